The first-order valence-electron chi connectivity index (χ1n) is 6.53. The third-order valence-electron chi connectivity index (χ3n) is 3.89. The molecule has 106 valence electrons. The van der Waals surface area contributed by atoms with Gasteiger partial charge in [-0.3, -0.25) is 0 Å². The smallest absolute Gasteiger partial charge is 0.0680 e. The fraction of sp³-hybridized carbons (Fsp3) is 0.600. The molecule has 1 aliphatic rings. The Balaban J connectivity index is 2.34. The van der Waals surface area contributed by atoms with E-state index in [1.807, 2.05) is 0 Å². The molecule has 0 spiro atoms. The average molecular weight is 438 g/mol. The first-order chi connectivity index (χ1) is 8.62. The van der Waals surface area contributed by atoms with Gasteiger partial charge in [-0.15, -0.1) is 0 Å². The zero-order chi connectivity index (χ0) is 14.4. The van der Waals surface area contributed by atoms with Gasteiger partial charge in [0.05, 0.1) is 11.2 Å². The highest BCUT2D eigenvalue weighted by Gasteiger charge is 2.48. The first-order valence-corrected chi connectivity index (χ1v) is 8.40. The van der Waals surface area contributed by atoms with Crippen molar-refractivity contribution in [3.8, 4) is 0 Å². The van der Waals surface area contributed by atoms with Crippen LogP contribution in [-0.2, 0) is 4.74 Å². The molecule has 0 aliphatic carbocycles. The highest BCUT2D eigenvalue weighted by Crippen LogP contribution is 2.47. The minimum atomic E-state index is -0.191. The lowest BCUT2D eigenvalue weighted by Crippen LogP contribution is -2.36. The number of ether oxygens (including phenoxy) is 1. The van der Waals surface area contributed by atoms with Gasteiger partial charge in [-0.25, -0.2) is 0 Å². The van der Waals surface area contributed by atoms with Crippen molar-refractivity contribution in [2.45, 2.75) is 51.4 Å². The van der Waals surface area contributed by atoms with Gasteiger partial charge in [-0.1, -0.05) is 15.9 Å². The maximum atomic E-state index is 6.55. The van der Waals surface area contributed by atoms with Gasteiger partial charge < -0.3 is 10.5 Å². The van der Waals surface area contributed by atoms with Crippen molar-refractivity contribution in [2.24, 2.45) is 11.7 Å². The Hall–Kier alpha value is 0.350. The van der Waals surface area contributed by atoms with Crippen LogP contribution in [0.15, 0.2) is 22.7 Å². The van der Waals surface area contributed by atoms with Gasteiger partial charge in [0.15, 0.2) is 0 Å². The van der Waals surface area contributed by atoms with Crippen LogP contribution in [0, 0.1) is 9.49 Å². The number of rotatable bonds is 2. The highest BCUT2D eigenvalue weighted by molar-refractivity contribution is 14.1. The standard InChI is InChI=1S/C15H21BrINO/c1-14(2)8-11(15(3,4)19-14)13(18)10-7-9(17)5-6-12(10)16/h5-7,11,13H,8,18H2,1-4H3. The third-order valence-corrected chi connectivity index (χ3v) is 5.29. The average Bonchev–Trinajstić information content (AvgIpc) is 2.49. The maximum absolute atomic E-state index is 6.55. The second-order valence-electron chi connectivity index (χ2n) is 6.47. The molecule has 2 rings (SSSR count). The Morgan fingerprint density at radius 3 is 2.53 bits per heavy atom. The van der Waals surface area contributed by atoms with E-state index in [-0.39, 0.29) is 17.2 Å². The highest BCUT2D eigenvalue weighted by atomic mass is 127. The van der Waals surface area contributed by atoms with E-state index >= 15 is 0 Å². The van der Waals surface area contributed by atoms with Gasteiger partial charge in [0, 0.05) is 20.0 Å². The second-order valence-corrected chi connectivity index (χ2v) is 8.57. The minimum absolute atomic E-state index is 0.0131. The van der Waals surface area contributed by atoms with Crippen LogP contribution in [0.3, 0.4) is 0 Å². The van der Waals surface area contributed by atoms with E-state index in [2.05, 4.69) is 84.4 Å². The molecule has 2 nitrogen and oxygen atoms in total. The van der Waals surface area contributed by atoms with Crippen LogP contribution in [0.5, 0.6) is 0 Å². The van der Waals surface area contributed by atoms with Gasteiger partial charge in [-0.05, 0) is 80.5 Å². The van der Waals surface area contributed by atoms with E-state index in [0.717, 1.165) is 10.9 Å². The van der Waals surface area contributed by atoms with Crippen LogP contribution in [-0.4, -0.2) is 11.2 Å². The Morgan fingerprint density at radius 1 is 1.37 bits per heavy atom. The van der Waals surface area contributed by atoms with E-state index in [0.29, 0.717) is 5.92 Å². The van der Waals surface area contributed by atoms with Crippen LogP contribution in [0.2, 0.25) is 0 Å². The molecule has 1 aromatic carbocycles. The minimum Gasteiger partial charge on any atom is -0.369 e. The third kappa shape index (κ3) is 3.34. The SMILES string of the molecule is CC1(C)CC(C(N)c2cc(I)ccc2Br)C(C)(C)O1. The van der Waals surface area contributed by atoms with Gasteiger partial charge in [-0.2, -0.15) is 0 Å². The summed E-state index contributed by atoms with van der Waals surface area (Å²) in [6, 6.07) is 6.31. The van der Waals surface area contributed by atoms with Crippen LogP contribution < -0.4 is 5.73 Å². The van der Waals surface area contributed by atoms with Gasteiger partial charge in [0.2, 0.25) is 0 Å². The molecule has 2 unspecified atom stereocenters. The molecule has 0 saturated carbocycles. The molecule has 0 aromatic heterocycles. The van der Waals surface area contributed by atoms with Crippen LogP contribution in [0.4, 0.5) is 0 Å². The summed E-state index contributed by atoms with van der Waals surface area (Å²) < 4.78 is 8.46. The number of halogens is 2. The molecule has 4 heteroatoms. The number of hydrogen-bond donors (Lipinski definition) is 1. The lowest BCUT2D eigenvalue weighted by molar-refractivity contribution is -0.0767. The van der Waals surface area contributed by atoms with Crippen molar-refractivity contribution < 1.29 is 4.74 Å². The summed E-state index contributed by atoms with van der Waals surface area (Å²) in [4.78, 5) is 0. The van der Waals surface area contributed by atoms with E-state index in [9.17, 15) is 0 Å². The molecule has 2 atom stereocenters. The molecule has 1 fully saturated rings. The summed E-state index contributed by atoms with van der Waals surface area (Å²) in [7, 11) is 0. The fourth-order valence-corrected chi connectivity index (χ4v) is 4.18. The van der Waals surface area contributed by atoms with Crippen molar-refractivity contribution in [1.82, 2.24) is 0 Å². The predicted molar refractivity (Wildman–Crippen MR) is 91.1 cm³/mol. The summed E-state index contributed by atoms with van der Waals surface area (Å²) in [6.07, 6.45) is 0.985. The van der Waals surface area contributed by atoms with Crippen LogP contribution in [0.25, 0.3) is 0 Å². The molecular formula is C15H21BrINO. The zero-order valence-corrected chi connectivity index (χ0v) is 15.6. The first kappa shape index (κ1) is 15.7. The Labute approximate surface area is 137 Å². The Morgan fingerprint density at radius 2 is 2.00 bits per heavy atom. The Bertz CT molecular complexity index is 487. The van der Waals surface area contributed by atoms with Crippen molar-refractivity contribution >= 4 is 38.5 Å². The summed E-state index contributed by atoms with van der Waals surface area (Å²) in [5.41, 5.74) is 7.44. The lowest BCUT2D eigenvalue weighted by Gasteiger charge is -2.31. The number of nitrogens with two attached hydrogens (primary N) is 1. The molecule has 2 N–H and O–H groups in total. The monoisotopic (exact) mass is 437 g/mol. The predicted octanol–water partition coefficient (Wildman–Crippen LogP) is 4.65. The molecule has 1 aromatic rings. The summed E-state index contributed by atoms with van der Waals surface area (Å²) in [5, 5.41) is 0. The zero-order valence-electron chi connectivity index (χ0n) is 11.8. The van der Waals surface area contributed by atoms with Crippen LogP contribution >= 0.6 is 38.5 Å². The molecule has 1 saturated heterocycles. The molecule has 1 aliphatic heterocycles. The largest absolute Gasteiger partial charge is 0.369 e. The summed E-state index contributed by atoms with van der Waals surface area (Å²) in [5.74, 6) is 0.317. The van der Waals surface area contributed by atoms with Crippen molar-refractivity contribution in [1.29, 1.82) is 0 Å². The van der Waals surface area contributed by atoms with Gasteiger partial charge in [0.1, 0.15) is 0 Å². The van der Waals surface area contributed by atoms with E-state index in [1.165, 1.54) is 9.13 Å². The molecule has 0 radical (unpaired) electrons. The molecule has 0 bridgehead atoms. The topological polar surface area (TPSA) is 35.2 Å². The number of benzene rings is 1. The van der Waals surface area contributed by atoms with Crippen LogP contribution in [0.1, 0.15) is 45.7 Å². The van der Waals surface area contributed by atoms with E-state index < -0.39 is 0 Å². The van der Waals surface area contributed by atoms with Crippen molar-refractivity contribution in [2.75, 3.05) is 0 Å². The van der Waals surface area contributed by atoms with Crippen molar-refractivity contribution in [3.05, 3.63) is 31.8 Å². The molecule has 1 heterocycles. The quantitative estimate of drug-likeness (QED) is 0.683. The Kier molecular flexibility index (Phi) is 4.37. The van der Waals surface area contributed by atoms with Gasteiger partial charge >= 0.3 is 0 Å². The molecular weight excluding hydrogens is 417 g/mol. The number of hydrogen-bond acceptors (Lipinski definition) is 2. The van der Waals surface area contributed by atoms with E-state index in [4.69, 9.17) is 10.5 Å². The molecule has 0 amide bonds. The summed E-state index contributed by atoms with van der Waals surface area (Å²) in [6.45, 7) is 8.58. The fourth-order valence-electron chi connectivity index (χ4n) is 3.15. The maximum Gasteiger partial charge on any atom is 0.0680 e. The second kappa shape index (κ2) is 5.28. The normalized spacial score (nSPS) is 26.4. The van der Waals surface area contributed by atoms with Gasteiger partial charge in [0.25, 0.3) is 0 Å². The molecule has 19 heavy (non-hydrogen) atoms. The lowest BCUT2D eigenvalue weighted by atomic mass is 9.79. The summed E-state index contributed by atoms with van der Waals surface area (Å²) >= 11 is 5.95. The van der Waals surface area contributed by atoms with E-state index in [1.54, 1.807) is 0 Å². The van der Waals surface area contributed by atoms with Crippen molar-refractivity contribution in [3.63, 3.8) is 0 Å².